The fourth-order valence-electron chi connectivity index (χ4n) is 7.86. The van der Waals surface area contributed by atoms with Crippen LogP contribution in [0.1, 0.15) is 0 Å². The van der Waals surface area contributed by atoms with Crippen molar-refractivity contribution in [1.29, 1.82) is 0 Å². The summed E-state index contributed by atoms with van der Waals surface area (Å²) in [5.41, 5.74) is 9.78. The highest BCUT2D eigenvalue weighted by atomic mass is 32.1. The molecule has 0 aliphatic carbocycles. The van der Waals surface area contributed by atoms with E-state index in [-0.39, 0.29) is 0 Å². The van der Waals surface area contributed by atoms with Crippen LogP contribution in [-0.2, 0) is 0 Å². The van der Waals surface area contributed by atoms with Crippen molar-refractivity contribution in [3.63, 3.8) is 0 Å². The normalized spacial score (nSPS) is 11.5. The summed E-state index contributed by atoms with van der Waals surface area (Å²) in [5.74, 6) is 1.83. The van der Waals surface area contributed by atoms with Crippen molar-refractivity contribution < 1.29 is 4.42 Å². The maximum atomic E-state index is 6.74. The summed E-state index contributed by atoms with van der Waals surface area (Å²) in [6.45, 7) is 0. The number of thiophene rings is 1. The molecule has 0 atom stereocenters. The average Bonchev–Trinajstić information content (AvgIpc) is 3.86. The van der Waals surface area contributed by atoms with E-state index in [0.29, 0.717) is 17.5 Å². The maximum Gasteiger partial charge on any atom is 0.164 e. The van der Waals surface area contributed by atoms with E-state index in [9.17, 15) is 0 Å². The molecule has 6 heteroatoms. The highest BCUT2D eigenvalue weighted by molar-refractivity contribution is 7.26. The molecular weight excluding hydrogens is 717 g/mol. The highest BCUT2D eigenvalue weighted by Gasteiger charge is 2.22. The van der Waals surface area contributed by atoms with Crippen LogP contribution in [0.3, 0.4) is 0 Å². The molecule has 0 spiro atoms. The van der Waals surface area contributed by atoms with Gasteiger partial charge in [-0.1, -0.05) is 146 Å². The molecule has 0 unspecified atom stereocenters. The smallest absolute Gasteiger partial charge is 0.164 e. The monoisotopic (exact) mass is 748 g/mol. The number of rotatable bonds is 7. The standard InChI is InChI=1S/C51H32N4OS/c1-4-15-33(16-5-1)36-21-12-22-37(31-36)55(43-26-13-24-40-39-23-10-11-28-46(39)57-48(40)43)38-29-30-41-45(32-38)56-44-27-14-25-42(47(41)44)51-53-49(34-17-6-2-7-18-34)52-50(54-51)35-19-8-3-9-20-35/h1-32H. The first-order valence-electron chi connectivity index (χ1n) is 18.9. The molecule has 0 saturated heterocycles. The Labute approximate surface area is 332 Å². The summed E-state index contributed by atoms with van der Waals surface area (Å²) in [5, 5.41) is 4.47. The number of nitrogens with zero attached hydrogens (tertiary/aromatic N) is 4. The lowest BCUT2D eigenvalue weighted by Gasteiger charge is -2.26. The number of hydrogen-bond donors (Lipinski definition) is 0. The van der Waals surface area contributed by atoms with E-state index in [4.69, 9.17) is 19.4 Å². The lowest BCUT2D eigenvalue weighted by atomic mass is 10.0. The molecule has 0 N–H and O–H groups in total. The number of benzene rings is 8. The molecule has 8 aromatic carbocycles. The molecule has 0 aliphatic rings. The molecule has 0 saturated carbocycles. The Bertz CT molecular complexity index is 3190. The maximum absolute atomic E-state index is 6.74. The molecular formula is C51H32N4OS. The Balaban J connectivity index is 1.11. The topological polar surface area (TPSA) is 55.1 Å². The van der Waals surface area contributed by atoms with Crippen molar-refractivity contribution in [2.45, 2.75) is 0 Å². The van der Waals surface area contributed by atoms with Gasteiger partial charge in [-0.2, -0.15) is 0 Å². The minimum Gasteiger partial charge on any atom is -0.456 e. The van der Waals surface area contributed by atoms with Crippen molar-refractivity contribution in [3.05, 3.63) is 194 Å². The van der Waals surface area contributed by atoms with Gasteiger partial charge in [-0.15, -0.1) is 11.3 Å². The van der Waals surface area contributed by atoms with E-state index in [1.165, 1.54) is 25.7 Å². The van der Waals surface area contributed by atoms with E-state index in [2.05, 4.69) is 126 Å². The molecule has 3 aromatic heterocycles. The first-order chi connectivity index (χ1) is 28.2. The summed E-state index contributed by atoms with van der Waals surface area (Å²) in [4.78, 5) is 17.4. The fraction of sp³-hybridized carbons (Fsp3) is 0. The van der Waals surface area contributed by atoms with Crippen molar-refractivity contribution in [2.24, 2.45) is 0 Å². The summed E-state index contributed by atoms with van der Waals surface area (Å²) in [6.07, 6.45) is 0. The van der Waals surface area contributed by atoms with Gasteiger partial charge in [-0.3, -0.25) is 0 Å². The zero-order valence-electron chi connectivity index (χ0n) is 30.6. The number of aromatic nitrogens is 3. The lowest BCUT2D eigenvalue weighted by Crippen LogP contribution is -2.10. The van der Waals surface area contributed by atoms with Gasteiger partial charge in [-0.05, 0) is 53.6 Å². The van der Waals surface area contributed by atoms with Gasteiger partial charge in [0.15, 0.2) is 17.5 Å². The van der Waals surface area contributed by atoms with Crippen LogP contribution in [0.2, 0.25) is 0 Å². The van der Waals surface area contributed by atoms with Gasteiger partial charge >= 0.3 is 0 Å². The van der Waals surface area contributed by atoms with Crippen molar-refractivity contribution in [3.8, 4) is 45.3 Å². The number of fused-ring (bicyclic) bond motifs is 6. The van der Waals surface area contributed by atoms with Gasteiger partial charge in [0.2, 0.25) is 0 Å². The zero-order valence-corrected chi connectivity index (χ0v) is 31.4. The molecule has 57 heavy (non-hydrogen) atoms. The van der Waals surface area contributed by atoms with E-state index >= 15 is 0 Å². The van der Waals surface area contributed by atoms with Gasteiger partial charge in [0, 0.05) is 60.4 Å². The van der Waals surface area contributed by atoms with Crippen LogP contribution in [0.5, 0.6) is 0 Å². The van der Waals surface area contributed by atoms with Crippen molar-refractivity contribution in [2.75, 3.05) is 4.90 Å². The van der Waals surface area contributed by atoms with Crippen LogP contribution >= 0.6 is 11.3 Å². The first-order valence-corrected chi connectivity index (χ1v) is 19.8. The molecule has 0 amide bonds. The quantitative estimate of drug-likeness (QED) is 0.162. The van der Waals surface area contributed by atoms with Gasteiger partial charge in [0.1, 0.15) is 11.2 Å². The third kappa shape index (κ3) is 5.82. The zero-order chi connectivity index (χ0) is 37.7. The molecule has 268 valence electrons. The Morgan fingerprint density at radius 2 is 1.00 bits per heavy atom. The first kappa shape index (κ1) is 33.0. The van der Waals surface area contributed by atoms with Crippen LogP contribution in [0, 0.1) is 0 Å². The predicted molar refractivity (Wildman–Crippen MR) is 236 cm³/mol. The van der Waals surface area contributed by atoms with E-state index in [0.717, 1.165) is 61.3 Å². The van der Waals surface area contributed by atoms with Crippen molar-refractivity contribution >= 4 is 70.5 Å². The van der Waals surface area contributed by atoms with Crippen molar-refractivity contribution in [1.82, 2.24) is 15.0 Å². The van der Waals surface area contributed by atoms with E-state index < -0.39 is 0 Å². The Morgan fingerprint density at radius 3 is 1.75 bits per heavy atom. The summed E-state index contributed by atoms with van der Waals surface area (Å²) in [6, 6.07) is 67.4. The Morgan fingerprint density at radius 1 is 0.404 bits per heavy atom. The average molecular weight is 749 g/mol. The molecule has 0 bridgehead atoms. The minimum atomic E-state index is 0.593. The third-order valence-corrected chi connectivity index (χ3v) is 11.7. The largest absolute Gasteiger partial charge is 0.456 e. The molecule has 11 aromatic rings. The van der Waals surface area contributed by atoms with Crippen LogP contribution in [0.25, 0.3) is 87.4 Å². The Hall–Kier alpha value is -7.41. The SMILES string of the molecule is c1ccc(-c2cccc(N(c3ccc4c(c3)oc3cccc(-c5nc(-c6ccccc6)nc(-c6ccccc6)n5)c34)c3cccc4c3sc3ccccc34)c2)cc1. The second-order valence-electron chi connectivity index (χ2n) is 14.0. The minimum absolute atomic E-state index is 0.593. The third-order valence-electron chi connectivity index (χ3n) is 10.5. The second kappa shape index (κ2) is 13.7. The van der Waals surface area contributed by atoms with Crippen LogP contribution < -0.4 is 4.90 Å². The highest BCUT2D eigenvalue weighted by Crippen LogP contribution is 2.46. The van der Waals surface area contributed by atoms with Gasteiger partial charge in [0.05, 0.1) is 10.4 Å². The summed E-state index contributed by atoms with van der Waals surface area (Å²) < 4.78 is 9.24. The fourth-order valence-corrected chi connectivity index (χ4v) is 9.07. The van der Waals surface area contributed by atoms with Crippen LogP contribution in [-0.4, -0.2) is 15.0 Å². The van der Waals surface area contributed by atoms with Crippen LogP contribution in [0.4, 0.5) is 17.1 Å². The Kier molecular flexibility index (Phi) is 7.93. The number of anilines is 3. The number of furan rings is 1. The molecule has 0 radical (unpaired) electrons. The number of hydrogen-bond acceptors (Lipinski definition) is 6. The van der Waals surface area contributed by atoms with E-state index in [1.807, 2.05) is 84.1 Å². The summed E-state index contributed by atoms with van der Waals surface area (Å²) >= 11 is 1.83. The van der Waals surface area contributed by atoms with E-state index in [1.54, 1.807) is 0 Å². The molecule has 0 fully saturated rings. The lowest BCUT2D eigenvalue weighted by molar-refractivity contribution is 0.669. The molecule has 5 nitrogen and oxygen atoms in total. The van der Waals surface area contributed by atoms with Gasteiger partial charge < -0.3 is 9.32 Å². The predicted octanol–water partition coefficient (Wildman–Crippen LogP) is 14.3. The van der Waals surface area contributed by atoms with Gasteiger partial charge in [0.25, 0.3) is 0 Å². The van der Waals surface area contributed by atoms with Gasteiger partial charge in [-0.25, -0.2) is 15.0 Å². The molecule has 11 rings (SSSR count). The molecule has 0 aliphatic heterocycles. The second-order valence-corrected chi connectivity index (χ2v) is 15.1. The molecule has 3 heterocycles. The summed E-state index contributed by atoms with van der Waals surface area (Å²) in [7, 11) is 0. The van der Waals surface area contributed by atoms with Crippen LogP contribution in [0.15, 0.2) is 199 Å².